The van der Waals surface area contributed by atoms with Gasteiger partial charge in [-0.25, -0.2) is 4.89 Å². The predicted molar refractivity (Wildman–Crippen MR) is 52.6 cm³/mol. The van der Waals surface area contributed by atoms with Crippen LogP contribution in [0.3, 0.4) is 0 Å². The highest BCUT2D eigenvalue weighted by atomic mass is 17.1. The molecule has 80 valence electrons. The molecule has 0 aromatic rings. The van der Waals surface area contributed by atoms with Crippen LogP contribution in [0.1, 0.15) is 51.9 Å². The molecule has 0 aromatic carbocycles. The van der Waals surface area contributed by atoms with Gasteiger partial charge in [0.1, 0.15) is 6.61 Å². The molecule has 3 heteroatoms. The highest BCUT2D eigenvalue weighted by molar-refractivity contribution is 4.53. The summed E-state index contributed by atoms with van der Waals surface area (Å²) < 4.78 is 0. The second-order valence-electron chi connectivity index (χ2n) is 3.51. The summed E-state index contributed by atoms with van der Waals surface area (Å²) in [4.78, 5) is 3.85. The fraction of sp³-hybridized carbons (Fsp3) is 1.00. The van der Waals surface area contributed by atoms with Gasteiger partial charge in [0.15, 0.2) is 0 Å². The normalized spacial score (nSPS) is 13.2. The standard InChI is InChI=1S/C10H22O3/c1-2-3-4-5-6-7-8-10(11)9-13-12/h10-12H,2-9H2,1H3. The van der Waals surface area contributed by atoms with Crippen molar-refractivity contribution in [3.63, 3.8) is 0 Å². The average molecular weight is 190 g/mol. The molecule has 0 aliphatic carbocycles. The van der Waals surface area contributed by atoms with E-state index in [9.17, 15) is 0 Å². The van der Waals surface area contributed by atoms with Crippen molar-refractivity contribution in [2.24, 2.45) is 0 Å². The van der Waals surface area contributed by atoms with Gasteiger partial charge in [-0.05, 0) is 6.42 Å². The Morgan fingerprint density at radius 3 is 2.31 bits per heavy atom. The second-order valence-corrected chi connectivity index (χ2v) is 3.51. The molecule has 0 radical (unpaired) electrons. The molecule has 3 nitrogen and oxygen atoms in total. The zero-order valence-corrected chi connectivity index (χ0v) is 8.54. The Hall–Kier alpha value is -0.120. The summed E-state index contributed by atoms with van der Waals surface area (Å²) in [5.74, 6) is 0. The maximum Gasteiger partial charge on any atom is 0.108 e. The van der Waals surface area contributed by atoms with Crippen LogP contribution in [0, 0.1) is 0 Å². The molecule has 0 aliphatic heterocycles. The highest BCUT2D eigenvalue weighted by Gasteiger charge is 2.02. The fourth-order valence-corrected chi connectivity index (χ4v) is 1.33. The monoisotopic (exact) mass is 190 g/mol. The lowest BCUT2D eigenvalue weighted by Crippen LogP contribution is -2.13. The van der Waals surface area contributed by atoms with E-state index < -0.39 is 6.10 Å². The van der Waals surface area contributed by atoms with E-state index in [1.54, 1.807) is 0 Å². The first kappa shape index (κ1) is 12.9. The van der Waals surface area contributed by atoms with E-state index >= 15 is 0 Å². The van der Waals surface area contributed by atoms with Gasteiger partial charge < -0.3 is 5.11 Å². The minimum atomic E-state index is -0.504. The molecule has 0 saturated heterocycles. The Labute approximate surface area is 80.7 Å². The maximum atomic E-state index is 9.17. The fourth-order valence-electron chi connectivity index (χ4n) is 1.33. The van der Waals surface area contributed by atoms with Crippen LogP contribution in [0.25, 0.3) is 0 Å². The van der Waals surface area contributed by atoms with Crippen LogP contribution in [0.2, 0.25) is 0 Å². The smallest absolute Gasteiger partial charge is 0.108 e. The van der Waals surface area contributed by atoms with Crippen molar-refractivity contribution in [1.29, 1.82) is 0 Å². The van der Waals surface area contributed by atoms with Crippen molar-refractivity contribution in [2.75, 3.05) is 6.61 Å². The van der Waals surface area contributed by atoms with E-state index in [0.29, 0.717) is 0 Å². The number of aliphatic hydroxyl groups excluding tert-OH is 1. The number of hydrogen-bond donors (Lipinski definition) is 2. The van der Waals surface area contributed by atoms with E-state index in [0.717, 1.165) is 12.8 Å². The summed E-state index contributed by atoms with van der Waals surface area (Å²) in [6.07, 6.45) is 7.53. The van der Waals surface area contributed by atoms with Crippen molar-refractivity contribution in [1.82, 2.24) is 0 Å². The Bertz CT molecular complexity index is 96.2. The lowest BCUT2D eigenvalue weighted by atomic mass is 10.1. The summed E-state index contributed by atoms with van der Waals surface area (Å²) in [5.41, 5.74) is 0. The molecular formula is C10H22O3. The van der Waals surface area contributed by atoms with E-state index in [4.69, 9.17) is 10.4 Å². The number of unbranched alkanes of at least 4 members (excludes halogenated alkanes) is 5. The maximum absolute atomic E-state index is 9.17. The minimum Gasteiger partial charge on any atom is -0.391 e. The number of aliphatic hydroxyl groups is 1. The molecule has 13 heavy (non-hydrogen) atoms. The first-order valence-electron chi connectivity index (χ1n) is 5.25. The molecule has 0 saturated carbocycles. The molecule has 0 amide bonds. The van der Waals surface area contributed by atoms with Crippen molar-refractivity contribution < 1.29 is 15.3 Å². The minimum absolute atomic E-state index is 0.0367. The van der Waals surface area contributed by atoms with Gasteiger partial charge in [0.2, 0.25) is 0 Å². The molecule has 0 spiro atoms. The number of hydrogen-bond acceptors (Lipinski definition) is 3. The van der Waals surface area contributed by atoms with Crippen LogP contribution in [0.4, 0.5) is 0 Å². The van der Waals surface area contributed by atoms with Crippen molar-refractivity contribution in [3.05, 3.63) is 0 Å². The quantitative estimate of drug-likeness (QED) is 0.334. The molecule has 0 bridgehead atoms. The van der Waals surface area contributed by atoms with Gasteiger partial charge in [0.05, 0.1) is 6.10 Å². The summed E-state index contributed by atoms with van der Waals surface area (Å²) in [7, 11) is 0. The molecular weight excluding hydrogens is 168 g/mol. The molecule has 1 unspecified atom stereocenters. The molecule has 0 rings (SSSR count). The largest absolute Gasteiger partial charge is 0.391 e. The third-order valence-corrected chi connectivity index (χ3v) is 2.16. The third kappa shape index (κ3) is 9.80. The van der Waals surface area contributed by atoms with Gasteiger partial charge in [0.25, 0.3) is 0 Å². The summed E-state index contributed by atoms with van der Waals surface area (Å²) >= 11 is 0. The van der Waals surface area contributed by atoms with Gasteiger partial charge >= 0.3 is 0 Å². The van der Waals surface area contributed by atoms with Crippen LogP contribution in [-0.4, -0.2) is 23.1 Å². The van der Waals surface area contributed by atoms with Crippen LogP contribution in [0.5, 0.6) is 0 Å². The zero-order chi connectivity index (χ0) is 9.94. The first-order valence-corrected chi connectivity index (χ1v) is 5.25. The van der Waals surface area contributed by atoms with Gasteiger partial charge in [-0.1, -0.05) is 45.4 Å². The van der Waals surface area contributed by atoms with Crippen molar-refractivity contribution >= 4 is 0 Å². The average Bonchev–Trinajstić information content (AvgIpc) is 2.11. The van der Waals surface area contributed by atoms with Crippen LogP contribution >= 0.6 is 0 Å². The molecule has 0 heterocycles. The third-order valence-electron chi connectivity index (χ3n) is 2.16. The Kier molecular flexibility index (Phi) is 9.87. The van der Waals surface area contributed by atoms with Crippen LogP contribution in [0.15, 0.2) is 0 Å². The summed E-state index contributed by atoms with van der Waals surface area (Å²) in [6.45, 7) is 2.23. The van der Waals surface area contributed by atoms with E-state index in [1.165, 1.54) is 32.1 Å². The lowest BCUT2D eigenvalue weighted by Gasteiger charge is -2.07. The second kappa shape index (κ2) is 9.96. The molecule has 0 aromatic heterocycles. The Morgan fingerprint density at radius 2 is 1.69 bits per heavy atom. The highest BCUT2D eigenvalue weighted by Crippen LogP contribution is 2.08. The lowest BCUT2D eigenvalue weighted by molar-refractivity contribution is -0.257. The molecule has 0 fully saturated rings. The number of rotatable bonds is 9. The van der Waals surface area contributed by atoms with Gasteiger partial charge in [-0.2, -0.15) is 0 Å². The molecule has 2 N–H and O–H groups in total. The van der Waals surface area contributed by atoms with E-state index in [1.807, 2.05) is 0 Å². The zero-order valence-electron chi connectivity index (χ0n) is 8.54. The predicted octanol–water partition coefficient (Wildman–Crippen LogP) is 2.59. The van der Waals surface area contributed by atoms with E-state index in [-0.39, 0.29) is 6.61 Å². The Morgan fingerprint density at radius 1 is 1.08 bits per heavy atom. The Balaban J connectivity index is 2.97. The van der Waals surface area contributed by atoms with Crippen LogP contribution in [-0.2, 0) is 4.89 Å². The van der Waals surface area contributed by atoms with Crippen molar-refractivity contribution in [3.8, 4) is 0 Å². The summed E-state index contributed by atoms with van der Waals surface area (Å²) in [5, 5.41) is 17.2. The first-order chi connectivity index (χ1) is 6.31. The van der Waals surface area contributed by atoms with Crippen LogP contribution < -0.4 is 0 Å². The summed E-state index contributed by atoms with van der Waals surface area (Å²) in [6, 6.07) is 0. The van der Waals surface area contributed by atoms with Gasteiger partial charge in [-0.3, -0.25) is 5.26 Å². The molecule has 0 aliphatic rings. The topological polar surface area (TPSA) is 49.7 Å². The van der Waals surface area contributed by atoms with Crippen molar-refractivity contribution in [2.45, 2.75) is 58.0 Å². The van der Waals surface area contributed by atoms with Gasteiger partial charge in [0, 0.05) is 0 Å². The molecule has 1 atom stereocenters. The van der Waals surface area contributed by atoms with E-state index in [2.05, 4.69) is 11.8 Å². The SMILES string of the molecule is CCCCCCCCC(O)COO. The van der Waals surface area contributed by atoms with Gasteiger partial charge in [-0.15, -0.1) is 0 Å².